The van der Waals surface area contributed by atoms with E-state index in [0.717, 1.165) is 0 Å². The van der Waals surface area contributed by atoms with Crippen LogP contribution >= 0.6 is 23.2 Å². The van der Waals surface area contributed by atoms with E-state index in [4.69, 9.17) is 42.1 Å². The van der Waals surface area contributed by atoms with E-state index in [1.807, 2.05) is 0 Å². The van der Waals surface area contributed by atoms with Crippen molar-refractivity contribution in [3.63, 3.8) is 0 Å². The van der Waals surface area contributed by atoms with Crippen molar-refractivity contribution in [1.82, 2.24) is 0 Å². The van der Waals surface area contributed by atoms with E-state index in [1.54, 1.807) is 6.07 Å². The fourth-order valence-corrected chi connectivity index (χ4v) is 2.99. The number of benzene rings is 2. The lowest BCUT2D eigenvalue weighted by Gasteiger charge is -2.16. The molecule has 0 saturated heterocycles. The van der Waals surface area contributed by atoms with Gasteiger partial charge in [0.05, 0.1) is 33.5 Å². The number of nitrogens with one attached hydrogen (secondary N) is 1. The monoisotopic (exact) mass is 469 g/mol. The van der Waals surface area contributed by atoms with Gasteiger partial charge in [0, 0.05) is 17.2 Å². The maximum absolute atomic E-state index is 12.8. The van der Waals surface area contributed by atoms with Gasteiger partial charge < -0.3 is 24.3 Å². The number of rotatable bonds is 9. The second kappa shape index (κ2) is 10.8. The first kappa shape index (κ1) is 24.2. The smallest absolute Gasteiger partial charge is 0.259 e. The third-order valence-corrected chi connectivity index (χ3v) is 4.62. The summed E-state index contributed by atoms with van der Waals surface area (Å²) in [5.41, 5.74) is 0.307. The van der Waals surface area contributed by atoms with E-state index in [-0.39, 0.29) is 33.6 Å². The van der Waals surface area contributed by atoms with Crippen molar-refractivity contribution in [2.75, 3.05) is 33.8 Å². The Hall–Kier alpha value is -3.04. The molecule has 0 radical (unpaired) electrons. The number of carbonyl (C=O) groups excluding carboxylic acids is 2. The van der Waals surface area contributed by atoms with Crippen molar-refractivity contribution in [1.29, 1.82) is 0 Å². The summed E-state index contributed by atoms with van der Waals surface area (Å²) >= 11 is 12.2. The molecule has 0 spiro atoms. The van der Waals surface area contributed by atoms with Crippen molar-refractivity contribution in [3.8, 4) is 23.0 Å². The highest BCUT2D eigenvalue weighted by molar-refractivity contribution is 6.33. The Labute approximate surface area is 189 Å². The third kappa shape index (κ3) is 5.56. The lowest BCUT2D eigenvalue weighted by molar-refractivity contribution is -0.126. The Morgan fingerprint density at radius 1 is 0.935 bits per heavy atom. The summed E-state index contributed by atoms with van der Waals surface area (Å²) in [6.45, 7) is 1.21. The van der Waals surface area contributed by atoms with Crippen LogP contribution in [0.15, 0.2) is 34.5 Å². The lowest BCUT2D eigenvalue weighted by atomic mass is 10.2. The number of ketones is 1. The van der Waals surface area contributed by atoms with E-state index >= 15 is 0 Å². The molecule has 0 aliphatic carbocycles. The zero-order valence-corrected chi connectivity index (χ0v) is 19.0. The minimum absolute atomic E-state index is 0.115. The van der Waals surface area contributed by atoms with Crippen molar-refractivity contribution in [2.45, 2.75) is 13.0 Å². The van der Waals surface area contributed by atoms with E-state index < -0.39 is 17.7 Å². The fraction of sp³-hybridized carbons (Fsp3) is 0.300. The molecule has 1 unspecified atom stereocenters. The number of nitrogens with zero attached hydrogens (tertiary/aromatic N) is 2. The molecule has 166 valence electrons. The molecule has 1 N–H and O–H groups in total. The Morgan fingerprint density at radius 3 is 2.00 bits per heavy atom. The molecule has 9 nitrogen and oxygen atoms in total. The molecule has 0 heterocycles. The molecule has 0 aromatic heterocycles. The average molecular weight is 470 g/mol. The maximum atomic E-state index is 12.8. The maximum Gasteiger partial charge on any atom is 0.259 e. The van der Waals surface area contributed by atoms with Gasteiger partial charge in [0.25, 0.3) is 5.91 Å². The summed E-state index contributed by atoms with van der Waals surface area (Å²) in [4.78, 5) is 25.0. The summed E-state index contributed by atoms with van der Waals surface area (Å²) in [5.74, 6) is -0.244. The molecule has 11 heteroatoms. The van der Waals surface area contributed by atoms with E-state index in [9.17, 15) is 9.59 Å². The summed E-state index contributed by atoms with van der Waals surface area (Å²) in [6, 6.07) is 4.63. The molecule has 0 saturated carbocycles. The van der Waals surface area contributed by atoms with Gasteiger partial charge in [0.2, 0.25) is 6.04 Å². The minimum atomic E-state index is -1.47. The highest BCUT2D eigenvalue weighted by Gasteiger charge is 2.26. The standard InChI is InChI=1S/C20H21Cl2N3O6/c1-10(26)16(24-25-17-12(22)6-7-13(28-2)19(17)31-5)20(27)23-18-14(29-3)8-11(21)9-15(18)30-4/h6-9,16H,1-5H3,(H,23,27). The molecule has 0 fully saturated rings. The van der Waals surface area contributed by atoms with Gasteiger partial charge >= 0.3 is 0 Å². The minimum Gasteiger partial charge on any atom is -0.494 e. The highest BCUT2D eigenvalue weighted by Crippen LogP contribution is 2.43. The lowest BCUT2D eigenvalue weighted by Crippen LogP contribution is -2.32. The molecule has 0 aliphatic rings. The quantitative estimate of drug-likeness (QED) is 0.420. The highest BCUT2D eigenvalue weighted by atomic mass is 35.5. The zero-order chi connectivity index (χ0) is 23.1. The number of amides is 1. The summed E-state index contributed by atoms with van der Waals surface area (Å²) in [6.07, 6.45) is 0. The van der Waals surface area contributed by atoms with Gasteiger partial charge in [-0.05, 0) is 19.1 Å². The van der Waals surface area contributed by atoms with Crippen LogP contribution in [0.2, 0.25) is 10.0 Å². The number of azo groups is 1. The molecule has 1 amide bonds. The molecular formula is C20H21Cl2N3O6. The Balaban J connectivity index is 2.41. The number of halogens is 2. The molecule has 2 aromatic rings. The van der Waals surface area contributed by atoms with Gasteiger partial charge in [-0.3, -0.25) is 9.59 Å². The Bertz CT molecular complexity index is 988. The molecule has 1 atom stereocenters. The van der Waals surface area contributed by atoms with Gasteiger partial charge in [-0.15, -0.1) is 5.11 Å². The summed E-state index contributed by atoms with van der Waals surface area (Å²) in [7, 11) is 5.66. The second-order valence-corrected chi connectivity index (χ2v) is 6.88. The van der Waals surface area contributed by atoms with E-state index in [2.05, 4.69) is 15.5 Å². The molecule has 2 aromatic carbocycles. The third-order valence-electron chi connectivity index (χ3n) is 4.10. The summed E-state index contributed by atoms with van der Waals surface area (Å²) in [5, 5.41) is 11.0. The number of methoxy groups -OCH3 is 4. The first-order valence-corrected chi connectivity index (χ1v) is 9.57. The van der Waals surface area contributed by atoms with Crippen molar-refractivity contribution in [2.24, 2.45) is 10.2 Å². The first-order chi connectivity index (χ1) is 14.8. The molecular weight excluding hydrogens is 449 g/mol. The largest absolute Gasteiger partial charge is 0.494 e. The number of anilines is 1. The number of Topliss-reactive ketones (excluding diaryl/α,β-unsaturated/α-hetero) is 1. The van der Waals surface area contributed by atoms with Crippen LogP contribution in [0.3, 0.4) is 0 Å². The van der Waals surface area contributed by atoms with Gasteiger partial charge in [-0.2, -0.15) is 5.11 Å². The molecule has 2 rings (SSSR count). The molecule has 0 bridgehead atoms. The Morgan fingerprint density at radius 2 is 1.52 bits per heavy atom. The molecule has 31 heavy (non-hydrogen) atoms. The van der Waals surface area contributed by atoms with Gasteiger partial charge in [-0.25, -0.2) is 0 Å². The number of ether oxygens (including phenoxy) is 4. The van der Waals surface area contributed by atoms with E-state index in [1.165, 1.54) is 53.6 Å². The fourth-order valence-electron chi connectivity index (χ4n) is 2.61. The van der Waals surface area contributed by atoms with Gasteiger partial charge in [0.1, 0.15) is 22.9 Å². The van der Waals surface area contributed by atoms with Crippen LogP contribution < -0.4 is 24.3 Å². The van der Waals surface area contributed by atoms with Crippen molar-refractivity contribution in [3.05, 3.63) is 34.3 Å². The SMILES string of the molecule is COc1cc(Cl)cc(OC)c1NC(=O)C(N=Nc1c(Cl)ccc(OC)c1OC)C(C)=O. The van der Waals surface area contributed by atoms with Gasteiger partial charge in [-0.1, -0.05) is 23.2 Å². The van der Waals surface area contributed by atoms with E-state index in [0.29, 0.717) is 10.8 Å². The van der Waals surface area contributed by atoms with Gasteiger partial charge in [0.15, 0.2) is 17.3 Å². The first-order valence-electron chi connectivity index (χ1n) is 8.81. The predicted octanol–water partition coefficient (Wildman–Crippen LogP) is 4.71. The van der Waals surface area contributed by atoms with Crippen molar-refractivity contribution >= 4 is 46.3 Å². The normalized spacial score (nSPS) is 11.7. The molecule has 0 aliphatic heterocycles. The predicted molar refractivity (Wildman–Crippen MR) is 117 cm³/mol. The average Bonchev–Trinajstić information content (AvgIpc) is 2.74. The van der Waals surface area contributed by atoms with Crippen LogP contribution in [-0.2, 0) is 9.59 Å². The second-order valence-electron chi connectivity index (χ2n) is 6.03. The zero-order valence-electron chi connectivity index (χ0n) is 17.5. The van der Waals surface area contributed by atoms with Crippen molar-refractivity contribution < 1.29 is 28.5 Å². The topological polar surface area (TPSA) is 108 Å². The van der Waals surface area contributed by atoms with Crippen LogP contribution in [-0.4, -0.2) is 46.2 Å². The summed E-state index contributed by atoms with van der Waals surface area (Å²) < 4.78 is 21.0. The van der Waals surface area contributed by atoms with Crippen LogP contribution in [0.5, 0.6) is 23.0 Å². The van der Waals surface area contributed by atoms with Crippen LogP contribution in [0.1, 0.15) is 6.92 Å². The Kier molecular flexibility index (Phi) is 8.47. The number of carbonyl (C=O) groups is 2. The van der Waals surface area contributed by atoms with Crippen LogP contribution in [0.4, 0.5) is 11.4 Å². The number of hydrogen-bond acceptors (Lipinski definition) is 8. The number of hydrogen-bond donors (Lipinski definition) is 1. The van der Waals surface area contributed by atoms with Crippen LogP contribution in [0, 0.1) is 0 Å². The van der Waals surface area contributed by atoms with Crippen LogP contribution in [0.25, 0.3) is 0 Å².